The third-order valence-electron chi connectivity index (χ3n) is 3.58. The van der Waals surface area contributed by atoms with Crippen molar-refractivity contribution in [2.24, 2.45) is 0 Å². The molecule has 1 atom stereocenters. The van der Waals surface area contributed by atoms with Crippen molar-refractivity contribution in [3.05, 3.63) is 59.4 Å². The molecule has 0 aliphatic rings. The monoisotopic (exact) mass is 273 g/mol. The fraction of sp³-hybridized carbons (Fsp3) is 0.294. The Bertz CT molecular complexity index is 597. The quantitative estimate of drug-likeness (QED) is 0.891. The minimum Gasteiger partial charge on any atom is -0.508 e. The maximum atomic E-state index is 13.4. The van der Waals surface area contributed by atoms with Gasteiger partial charge in [-0.25, -0.2) is 4.39 Å². The van der Waals surface area contributed by atoms with Crippen molar-refractivity contribution in [3.8, 4) is 5.75 Å². The van der Waals surface area contributed by atoms with Crippen LogP contribution in [0.4, 0.5) is 10.1 Å². The second kappa shape index (κ2) is 5.95. The zero-order valence-electron chi connectivity index (χ0n) is 12.1. The molecule has 0 saturated carbocycles. The second-order valence-electron chi connectivity index (χ2n) is 5.00. The van der Waals surface area contributed by atoms with Crippen LogP contribution in [-0.2, 0) is 0 Å². The third kappa shape index (κ3) is 2.93. The minimum absolute atomic E-state index is 0.0262. The molecular formula is C17H20FNO. The number of phenolic OH excluding ortho intramolecular Hbond substituents is 1. The van der Waals surface area contributed by atoms with E-state index < -0.39 is 0 Å². The zero-order chi connectivity index (χ0) is 14.7. The van der Waals surface area contributed by atoms with Crippen molar-refractivity contribution in [3.63, 3.8) is 0 Å². The summed E-state index contributed by atoms with van der Waals surface area (Å²) in [5, 5.41) is 10.1. The Morgan fingerprint density at radius 3 is 2.60 bits per heavy atom. The second-order valence-corrected chi connectivity index (χ2v) is 5.00. The summed E-state index contributed by atoms with van der Waals surface area (Å²) in [5.41, 5.74) is 2.77. The van der Waals surface area contributed by atoms with Crippen LogP contribution >= 0.6 is 0 Å². The molecule has 0 heterocycles. The third-order valence-corrected chi connectivity index (χ3v) is 3.58. The van der Waals surface area contributed by atoms with E-state index in [1.807, 2.05) is 39.0 Å². The number of halogens is 1. The molecule has 3 heteroatoms. The number of hydrogen-bond donors (Lipinski definition) is 1. The fourth-order valence-electron chi connectivity index (χ4n) is 2.51. The summed E-state index contributed by atoms with van der Waals surface area (Å²) >= 11 is 0. The molecule has 106 valence electrons. The van der Waals surface area contributed by atoms with Gasteiger partial charge in [0.2, 0.25) is 0 Å². The average molecular weight is 273 g/mol. The predicted molar refractivity (Wildman–Crippen MR) is 80.7 cm³/mol. The first-order valence-corrected chi connectivity index (χ1v) is 6.84. The van der Waals surface area contributed by atoms with Crippen molar-refractivity contribution >= 4 is 5.69 Å². The van der Waals surface area contributed by atoms with Crippen LogP contribution in [0.3, 0.4) is 0 Å². The maximum absolute atomic E-state index is 13.4. The highest BCUT2D eigenvalue weighted by molar-refractivity contribution is 5.51. The van der Waals surface area contributed by atoms with Crippen molar-refractivity contribution in [2.45, 2.75) is 26.8 Å². The van der Waals surface area contributed by atoms with E-state index in [0.29, 0.717) is 0 Å². The molecule has 0 radical (unpaired) electrons. The predicted octanol–water partition coefficient (Wildman–Crippen LogP) is 4.43. The lowest BCUT2D eigenvalue weighted by molar-refractivity contribution is 0.461. The Labute approximate surface area is 119 Å². The van der Waals surface area contributed by atoms with Gasteiger partial charge in [-0.15, -0.1) is 0 Å². The molecule has 2 rings (SSSR count). The van der Waals surface area contributed by atoms with Gasteiger partial charge in [0.1, 0.15) is 11.6 Å². The summed E-state index contributed by atoms with van der Waals surface area (Å²) in [6.45, 7) is 6.77. The topological polar surface area (TPSA) is 23.5 Å². The average Bonchev–Trinajstić information content (AvgIpc) is 2.42. The first-order chi connectivity index (χ1) is 9.52. The Hall–Kier alpha value is -2.03. The van der Waals surface area contributed by atoms with E-state index in [2.05, 4.69) is 4.90 Å². The van der Waals surface area contributed by atoms with Gasteiger partial charge in [0, 0.05) is 17.8 Å². The van der Waals surface area contributed by atoms with Gasteiger partial charge in [-0.3, -0.25) is 0 Å². The SMILES string of the molecule is CCN(c1cccc(F)c1)C(C)c1cc(C)ccc1O. The normalized spacial score (nSPS) is 12.2. The molecule has 20 heavy (non-hydrogen) atoms. The molecular weight excluding hydrogens is 253 g/mol. The van der Waals surface area contributed by atoms with Crippen molar-refractivity contribution in [1.29, 1.82) is 0 Å². The lowest BCUT2D eigenvalue weighted by atomic mass is 10.0. The standard InChI is InChI=1S/C17H20FNO/c1-4-19(15-7-5-6-14(18)11-15)13(3)16-10-12(2)8-9-17(16)20/h5-11,13,20H,4H2,1-3H3. The van der Waals surface area contributed by atoms with Crippen LogP contribution in [-0.4, -0.2) is 11.7 Å². The van der Waals surface area contributed by atoms with E-state index in [9.17, 15) is 9.50 Å². The zero-order valence-corrected chi connectivity index (χ0v) is 12.1. The number of rotatable bonds is 4. The number of hydrogen-bond acceptors (Lipinski definition) is 2. The lowest BCUT2D eigenvalue weighted by Crippen LogP contribution is -2.26. The first-order valence-electron chi connectivity index (χ1n) is 6.84. The Balaban J connectivity index is 2.38. The van der Waals surface area contributed by atoms with Crippen LogP contribution in [0, 0.1) is 12.7 Å². The number of aryl methyl sites for hydroxylation is 1. The van der Waals surface area contributed by atoms with Gasteiger partial charge in [0.15, 0.2) is 0 Å². The highest BCUT2D eigenvalue weighted by atomic mass is 19.1. The molecule has 1 N–H and O–H groups in total. The molecule has 0 aliphatic heterocycles. The summed E-state index contributed by atoms with van der Waals surface area (Å²) < 4.78 is 13.4. The Morgan fingerprint density at radius 1 is 1.20 bits per heavy atom. The molecule has 0 spiro atoms. The number of aromatic hydroxyl groups is 1. The van der Waals surface area contributed by atoms with E-state index in [0.717, 1.165) is 23.4 Å². The molecule has 0 bridgehead atoms. The van der Waals surface area contributed by atoms with Gasteiger partial charge in [-0.1, -0.05) is 23.8 Å². The van der Waals surface area contributed by atoms with Crippen LogP contribution in [0.25, 0.3) is 0 Å². The molecule has 0 aromatic heterocycles. The van der Waals surface area contributed by atoms with E-state index in [1.165, 1.54) is 12.1 Å². The van der Waals surface area contributed by atoms with E-state index in [4.69, 9.17) is 0 Å². The summed E-state index contributed by atoms with van der Waals surface area (Å²) in [5.74, 6) is 0.0274. The highest BCUT2D eigenvalue weighted by Gasteiger charge is 2.18. The molecule has 0 fully saturated rings. The molecule has 2 nitrogen and oxygen atoms in total. The number of anilines is 1. The number of nitrogens with zero attached hydrogens (tertiary/aromatic N) is 1. The van der Waals surface area contributed by atoms with Gasteiger partial charge in [-0.05, 0) is 45.0 Å². The van der Waals surface area contributed by atoms with Crippen molar-refractivity contribution in [2.75, 3.05) is 11.4 Å². The number of benzene rings is 2. The summed E-state index contributed by atoms with van der Waals surface area (Å²) in [6, 6.07) is 12.1. The fourth-order valence-corrected chi connectivity index (χ4v) is 2.51. The van der Waals surface area contributed by atoms with E-state index >= 15 is 0 Å². The summed E-state index contributed by atoms with van der Waals surface area (Å²) in [7, 11) is 0. The van der Waals surface area contributed by atoms with Gasteiger partial charge in [-0.2, -0.15) is 0 Å². The minimum atomic E-state index is -0.249. The molecule has 0 saturated heterocycles. The van der Waals surface area contributed by atoms with Crippen LogP contribution in [0.1, 0.15) is 31.0 Å². The van der Waals surface area contributed by atoms with Crippen molar-refractivity contribution in [1.82, 2.24) is 0 Å². The van der Waals surface area contributed by atoms with Gasteiger partial charge in [0.25, 0.3) is 0 Å². The molecule has 0 aliphatic carbocycles. The molecule has 2 aromatic carbocycles. The van der Waals surface area contributed by atoms with E-state index in [-0.39, 0.29) is 17.6 Å². The van der Waals surface area contributed by atoms with Crippen LogP contribution in [0.5, 0.6) is 5.75 Å². The highest BCUT2D eigenvalue weighted by Crippen LogP contribution is 2.32. The summed E-state index contributed by atoms with van der Waals surface area (Å²) in [4.78, 5) is 2.07. The Morgan fingerprint density at radius 2 is 1.95 bits per heavy atom. The number of phenols is 1. The lowest BCUT2D eigenvalue weighted by Gasteiger charge is -2.31. The molecule has 1 unspecified atom stereocenters. The van der Waals surface area contributed by atoms with Gasteiger partial charge < -0.3 is 10.0 Å². The Kier molecular flexibility index (Phi) is 4.28. The van der Waals surface area contributed by atoms with E-state index in [1.54, 1.807) is 12.1 Å². The molecule has 2 aromatic rings. The molecule has 0 amide bonds. The maximum Gasteiger partial charge on any atom is 0.125 e. The largest absolute Gasteiger partial charge is 0.508 e. The smallest absolute Gasteiger partial charge is 0.125 e. The summed E-state index contributed by atoms with van der Waals surface area (Å²) in [6.07, 6.45) is 0. The van der Waals surface area contributed by atoms with Crippen molar-refractivity contribution < 1.29 is 9.50 Å². The van der Waals surface area contributed by atoms with Gasteiger partial charge in [0.05, 0.1) is 6.04 Å². The van der Waals surface area contributed by atoms with Crippen LogP contribution in [0.15, 0.2) is 42.5 Å². The van der Waals surface area contributed by atoms with Gasteiger partial charge >= 0.3 is 0 Å². The van der Waals surface area contributed by atoms with Crippen LogP contribution < -0.4 is 4.90 Å². The van der Waals surface area contributed by atoms with Crippen LogP contribution in [0.2, 0.25) is 0 Å². The first kappa shape index (κ1) is 14.4.